The van der Waals surface area contributed by atoms with Crippen LogP contribution >= 0.6 is 24.0 Å². The Labute approximate surface area is 121 Å². The number of halogens is 1. The minimum atomic E-state index is 0. The van der Waals surface area contributed by atoms with Crippen molar-refractivity contribution in [1.82, 2.24) is 14.8 Å². The molecule has 0 bridgehead atoms. The number of hydrogen-bond donors (Lipinski definition) is 0. The SMILES string of the molecule is Cc1cncc(CN=C(N(C)C)N(C)C)c1.I. The molecule has 5 heteroatoms. The van der Waals surface area contributed by atoms with Crippen molar-refractivity contribution in [3.05, 3.63) is 29.6 Å². The third kappa shape index (κ3) is 5.34. The van der Waals surface area contributed by atoms with E-state index in [1.54, 1.807) is 0 Å². The van der Waals surface area contributed by atoms with Gasteiger partial charge in [-0.15, -0.1) is 24.0 Å². The van der Waals surface area contributed by atoms with Crippen LogP contribution in [0.1, 0.15) is 11.1 Å². The third-order valence-corrected chi connectivity index (χ3v) is 2.13. The lowest BCUT2D eigenvalue weighted by atomic mass is 10.2. The fourth-order valence-corrected chi connectivity index (χ4v) is 1.55. The zero-order chi connectivity index (χ0) is 12.1. The van der Waals surface area contributed by atoms with Crippen molar-refractivity contribution in [1.29, 1.82) is 0 Å². The largest absolute Gasteiger partial charge is 0.349 e. The molecule has 0 aliphatic heterocycles. The summed E-state index contributed by atoms with van der Waals surface area (Å²) >= 11 is 0. The summed E-state index contributed by atoms with van der Waals surface area (Å²) in [5.41, 5.74) is 2.31. The average Bonchev–Trinajstić information content (AvgIpc) is 2.16. The Bertz CT molecular complexity index is 365. The zero-order valence-electron chi connectivity index (χ0n) is 11.1. The molecule has 1 aromatic rings. The molecule has 0 spiro atoms. The number of pyridine rings is 1. The summed E-state index contributed by atoms with van der Waals surface area (Å²) in [7, 11) is 7.97. The van der Waals surface area contributed by atoms with Crippen LogP contribution in [-0.2, 0) is 6.54 Å². The Kier molecular flexibility index (Phi) is 7.10. The lowest BCUT2D eigenvalue weighted by molar-refractivity contribution is 0.479. The van der Waals surface area contributed by atoms with E-state index in [1.807, 2.05) is 57.3 Å². The van der Waals surface area contributed by atoms with Gasteiger partial charge in [-0.1, -0.05) is 6.07 Å². The molecule has 0 radical (unpaired) electrons. The second-order valence-electron chi connectivity index (χ2n) is 4.28. The maximum atomic E-state index is 4.56. The maximum Gasteiger partial charge on any atom is 0.195 e. The van der Waals surface area contributed by atoms with Gasteiger partial charge in [-0.05, 0) is 18.1 Å². The van der Waals surface area contributed by atoms with Crippen LogP contribution in [-0.4, -0.2) is 48.9 Å². The van der Waals surface area contributed by atoms with Crippen molar-refractivity contribution in [2.24, 2.45) is 4.99 Å². The van der Waals surface area contributed by atoms with Gasteiger partial charge in [0.25, 0.3) is 0 Å². The van der Waals surface area contributed by atoms with Gasteiger partial charge in [-0.2, -0.15) is 0 Å². The van der Waals surface area contributed by atoms with Crippen LogP contribution < -0.4 is 0 Å². The molecule has 0 amide bonds. The Balaban J connectivity index is 0.00000256. The Hall–Kier alpha value is -0.850. The first kappa shape index (κ1) is 16.1. The minimum absolute atomic E-state index is 0. The normalized spacial score (nSPS) is 9.24. The molecule has 4 nitrogen and oxygen atoms in total. The van der Waals surface area contributed by atoms with Gasteiger partial charge in [-0.25, -0.2) is 4.99 Å². The molecule has 0 N–H and O–H groups in total. The van der Waals surface area contributed by atoms with Crippen LogP contribution in [0.4, 0.5) is 0 Å². The number of guanidine groups is 1. The van der Waals surface area contributed by atoms with Crippen molar-refractivity contribution in [3.8, 4) is 0 Å². The summed E-state index contributed by atoms with van der Waals surface area (Å²) in [5, 5.41) is 0. The lowest BCUT2D eigenvalue weighted by Crippen LogP contribution is -2.35. The van der Waals surface area contributed by atoms with Crippen molar-refractivity contribution in [2.75, 3.05) is 28.2 Å². The third-order valence-electron chi connectivity index (χ3n) is 2.13. The molecule has 0 saturated heterocycles. The first-order chi connectivity index (χ1) is 7.50. The van der Waals surface area contributed by atoms with Gasteiger partial charge in [0.1, 0.15) is 0 Å². The molecule has 0 aliphatic rings. The highest BCUT2D eigenvalue weighted by molar-refractivity contribution is 14.0. The second-order valence-corrected chi connectivity index (χ2v) is 4.28. The average molecular weight is 348 g/mol. The number of nitrogens with zero attached hydrogens (tertiary/aromatic N) is 4. The van der Waals surface area contributed by atoms with Gasteiger partial charge in [-0.3, -0.25) is 4.98 Å². The summed E-state index contributed by atoms with van der Waals surface area (Å²) in [5.74, 6) is 0.960. The van der Waals surface area contributed by atoms with Gasteiger partial charge in [0.05, 0.1) is 6.54 Å². The van der Waals surface area contributed by atoms with Gasteiger partial charge in [0, 0.05) is 40.6 Å². The smallest absolute Gasteiger partial charge is 0.195 e. The lowest BCUT2D eigenvalue weighted by Gasteiger charge is -2.22. The van der Waals surface area contributed by atoms with Crippen LogP contribution in [0.25, 0.3) is 0 Å². The van der Waals surface area contributed by atoms with E-state index in [0.29, 0.717) is 6.54 Å². The quantitative estimate of drug-likeness (QED) is 0.465. The molecule has 96 valence electrons. The highest BCUT2D eigenvalue weighted by Crippen LogP contribution is 2.03. The predicted molar refractivity (Wildman–Crippen MR) is 82.9 cm³/mol. The molecular formula is C12H21IN4. The molecule has 1 rings (SSSR count). The van der Waals surface area contributed by atoms with Crippen molar-refractivity contribution < 1.29 is 0 Å². The van der Waals surface area contributed by atoms with Crippen LogP contribution in [0, 0.1) is 6.92 Å². The van der Waals surface area contributed by atoms with Crippen LogP contribution in [0.15, 0.2) is 23.5 Å². The van der Waals surface area contributed by atoms with Crippen molar-refractivity contribution in [2.45, 2.75) is 13.5 Å². The number of hydrogen-bond acceptors (Lipinski definition) is 2. The number of rotatable bonds is 2. The standard InChI is InChI=1S/C12H20N4.HI/c1-10-6-11(8-13-7-10)9-14-12(15(2)3)16(4)5;/h6-8H,9H2,1-5H3;1H. The van der Waals surface area contributed by atoms with Gasteiger partial charge >= 0.3 is 0 Å². The molecule has 1 heterocycles. The zero-order valence-corrected chi connectivity index (χ0v) is 13.5. The molecule has 0 unspecified atom stereocenters. The molecule has 0 aromatic carbocycles. The topological polar surface area (TPSA) is 31.7 Å². The van der Waals surface area contributed by atoms with E-state index in [2.05, 4.69) is 16.0 Å². The summed E-state index contributed by atoms with van der Waals surface area (Å²) in [6.07, 6.45) is 3.71. The Morgan fingerprint density at radius 1 is 1.18 bits per heavy atom. The molecule has 17 heavy (non-hydrogen) atoms. The summed E-state index contributed by atoms with van der Waals surface area (Å²) in [6.45, 7) is 2.71. The van der Waals surface area contributed by atoms with Gasteiger partial charge in [0.15, 0.2) is 5.96 Å². The van der Waals surface area contributed by atoms with Crippen molar-refractivity contribution in [3.63, 3.8) is 0 Å². The van der Waals surface area contributed by atoms with Crippen molar-refractivity contribution >= 4 is 29.9 Å². The fourth-order valence-electron chi connectivity index (χ4n) is 1.55. The number of aromatic nitrogens is 1. The van der Waals surface area contributed by atoms with E-state index in [-0.39, 0.29) is 24.0 Å². The van der Waals surface area contributed by atoms with Gasteiger partial charge < -0.3 is 9.80 Å². The predicted octanol–water partition coefficient (Wildman–Crippen LogP) is 1.99. The number of aliphatic imine (C=N–C) groups is 1. The highest BCUT2D eigenvalue weighted by Gasteiger charge is 2.03. The van der Waals surface area contributed by atoms with Crippen LogP contribution in [0.5, 0.6) is 0 Å². The second kappa shape index (κ2) is 7.47. The van der Waals surface area contributed by atoms with E-state index in [9.17, 15) is 0 Å². The first-order valence-corrected chi connectivity index (χ1v) is 5.30. The van der Waals surface area contributed by atoms with E-state index < -0.39 is 0 Å². The van der Waals surface area contributed by atoms with E-state index >= 15 is 0 Å². The molecule has 0 fully saturated rings. The summed E-state index contributed by atoms with van der Waals surface area (Å²) in [6, 6.07) is 2.11. The molecule has 0 saturated carbocycles. The molecule has 1 aromatic heterocycles. The number of aryl methyl sites for hydroxylation is 1. The molecule has 0 atom stereocenters. The Morgan fingerprint density at radius 2 is 1.76 bits per heavy atom. The monoisotopic (exact) mass is 348 g/mol. The molecular weight excluding hydrogens is 327 g/mol. The highest BCUT2D eigenvalue weighted by atomic mass is 127. The summed E-state index contributed by atoms with van der Waals surface area (Å²) in [4.78, 5) is 12.7. The minimum Gasteiger partial charge on any atom is -0.349 e. The van der Waals surface area contributed by atoms with E-state index in [0.717, 1.165) is 11.5 Å². The van der Waals surface area contributed by atoms with E-state index in [1.165, 1.54) is 5.56 Å². The van der Waals surface area contributed by atoms with Gasteiger partial charge in [0.2, 0.25) is 0 Å². The molecule has 0 aliphatic carbocycles. The van der Waals surface area contributed by atoms with Crippen LogP contribution in [0.3, 0.4) is 0 Å². The maximum absolute atomic E-state index is 4.56. The summed E-state index contributed by atoms with van der Waals surface area (Å²) < 4.78 is 0. The van der Waals surface area contributed by atoms with E-state index in [4.69, 9.17) is 0 Å². The fraction of sp³-hybridized carbons (Fsp3) is 0.500. The Morgan fingerprint density at radius 3 is 2.24 bits per heavy atom. The van der Waals surface area contributed by atoms with Crippen LogP contribution in [0.2, 0.25) is 0 Å². The first-order valence-electron chi connectivity index (χ1n) is 5.30.